The molecule has 7 heteroatoms. The molecule has 1 heterocycles. The van der Waals surface area contributed by atoms with Gasteiger partial charge in [-0.3, -0.25) is 4.79 Å². The molecule has 1 aliphatic heterocycles. The van der Waals surface area contributed by atoms with E-state index in [0.717, 1.165) is 11.1 Å². The van der Waals surface area contributed by atoms with Crippen LogP contribution in [0.15, 0.2) is 36.4 Å². The van der Waals surface area contributed by atoms with Crippen molar-refractivity contribution in [2.45, 2.75) is 52.3 Å². The molecule has 1 amide bonds. The van der Waals surface area contributed by atoms with Gasteiger partial charge in [0.25, 0.3) is 0 Å². The van der Waals surface area contributed by atoms with Crippen LogP contribution in [0.5, 0.6) is 0 Å². The summed E-state index contributed by atoms with van der Waals surface area (Å²) in [7, 11) is -3.50. The minimum atomic E-state index is -3.50. The summed E-state index contributed by atoms with van der Waals surface area (Å²) in [5, 5.41) is 3.11. The molecule has 0 unspecified atom stereocenters. The Bertz CT molecular complexity index is 1040. The highest BCUT2D eigenvalue weighted by Gasteiger charge is 2.31. The normalized spacial score (nSPS) is 16.8. The Balaban J connectivity index is 1.57. The molecule has 0 saturated carbocycles. The van der Waals surface area contributed by atoms with E-state index >= 15 is 0 Å². The molecule has 3 rings (SSSR count). The van der Waals surface area contributed by atoms with Gasteiger partial charge in [-0.15, -0.1) is 0 Å². The quantitative estimate of drug-likeness (QED) is 0.724. The number of piperidine rings is 1. The summed E-state index contributed by atoms with van der Waals surface area (Å²) in [5.41, 5.74) is 5.24. The minimum Gasteiger partial charge on any atom is -0.349 e. The molecule has 1 atom stereocenters. The van der Waals surface area contributed by atoms with E-state index in [1.807, 2.05) is 6.92 Å². The van der Waals surface area contributed by atoms with Crippen molar-refractivity contribution in [2.75, 3.05) is 13.1 Å². The molecule has 0 aliphatic carbocycles. The molecular weight excluding hydrogens is 415 g/mol. The van der Waals surface area contributed by atoms with E-state index in [1.165, 1.54) is 39.7 Å². The number of aryl methyl sites for hydroxylation is 3. The summed E-state index contributed by atoms with van der Waals surface area (Å²) >= 11 is 0. The first-order valence-corrected chi connectivity index (χ1v) is 12.3. The highest BCUT2D eigenvalue weighted by molar-refractivity contribution is 7.88. The molecule has 1 saturated heterocycles. The monoisotopic (exact) mass is 446 g/mol. The Kier molecular flexibility index (Phi) is 7.17. The summed E-state index contributed by atoms with van der Waals surface area (Å²) in [4.78, 5) is 12.8. The van der Waals surface area contributed by atoms with Crippen LogP contribution in [0.1, 0.15) is 53.6 Å². The molecule has 1 N–H and O–H groups in total. The van der Waals surface area contributed by atoms with E-state index in [9.17, 15) is 17.6 Å². The number of benzene rings is 2. The van der Waals surface area contributed by atoms with Crippen LogP contribution in [-0.2, 0) is 20.6 Å². The van der Waals surface area contributed by atoms with Gasteiger partial charge in [-0.05, 0) is 80.5 Å². The van der Waals surface area contributed by atoms with Gasteiger partial charge < -0.3 is 5.32 Å². The van der Waals surface area contributed by atoms with Crippen molar-refractivity contribution >= 4 is 15.9 Å². The van der Waals surface area contributed by atoms with Gasteiger partial charge in [0.1, 0.15) is 5.82 Å². The number of amides is 1. The van der Waals surface area contributed by atoms with E-state index in [-0.39, 0.29) is 23.6 Å². The van der Waals surface area contributed by atoms with Crippen LogP contribution in [0.2, 0.25) is 0 Å². The summed E-state index contributed by atoms with van der Waals surface area (Å²) in [6, 6.07) is 9.66. The number of hydrogen-bond donors (Lipinski definition) is 1. The number of sulfonamides is 1. The summed E-state index contributed by atoms with van der Waals surface area (Å²) in [5.74, 6) is -0.779. The van der Waals surface area contributed by atoms with Crippen LogP contribution in [0.4, 0.5) is 4.39 Å². The molecule has 2 aromatic carbocycles. The number of rotatable bonds is 6. The fraction of sp³-hybridized carbons (Fsp3) is 0.458. The molecule has 0 aromatic heterocycles. The second kappa shape index (κ2) is 9.49. The van der Waals surface area contributed by atoms with Gasteiger partial charge in [0.05, 0.1) is 11.8 Å². The van der Waals surface area contributed by atoms with Crippen LogP contribution in [-0.4, -0.2) is 31.7 Å². The van der Waals surface area contributed by atoms with Crippen molar-refractivity contribution in [2.24, 2.45) is 5.92 Å². The highest BCUT2D eigenvalue weighted by Crippen LogP contribution is 2.25. The lowest BCUT2D eigenvalue weighted by Crippen LogP contribution is -2.43. The Morgan fingerprint density at radius 2 is 1.65 bits per heavy atom. The number of nitrogens with one attached hydrogen (secondary N) is 1. The van der Waals surface area contributed by atoms with Gasteiger partial charge >= 0.3 is 0 Å². The van der Waals surface area contributed by atoms with Crippen LogP contribution in [0.25, 0.3) is 0 Å². The average Bonchev–Trinajstić information content (AvgIpc) is 2.72. The Morgan fingerprint density at radius 3 is 2.26 bits per heavy atom. The van der Waals surface area contributed by atoms with Gasteiger partial charge in [0.2, 0.25) is 15.9 Å². The third kappa shape index (κ3) is 5.71. The predicted molar refractivity (Wildman–Crippen MR) is 121 cm³/mol. The van der Waals surface area contributed by atoms with Crippen molar-refractivity contribution in [1.82, 2.24) is 9.62 Å². The third-order valence-corrected chi connectivity index (χ3v) is 8.04. The van der Waals surface area contributed by atoms with Crippen molar-refractivity contribution in [3.8, 4) is 0 Å². The average molecular weight is 447 g/mol. The number of nitrogens with zero attached hydrogens (tertiary/aromatic N) is 1. The minimum absolute atomic E-state index is 0.0271. The number of carbonyl (C=O) groups is 1. The SMILES string of the molecule is Cc1cc(C)c([C@@H](C)NC(=O)C2CCN(S(=O)(=O)Cc3ccc(F)cc3)CC2)cc1C. The number of carbonyl (C=O) groups excluding carboxylic acids is 1. The highest BCUT2D eigenvalue weighted by atomic mass is 32.2. The summed E-state index contributed by atoms with van der Waals surface area (Å²) in [6.45, 7) is 8.81. The molecule has 1 fully saturated rings. The molecular formula is C24H31FN2O3S. The first kappa shape index (κ1) is 23.4. The van der Waals surface area contributed by atoms with Crippen LogP contribution >= 0.6 is 0 Å². The summed E-state index contributed by atoms with van der Waals surface area (Å²) < 4.78 is 39.9. The molecule has 2 aromatic rings. The topological polar surface area (TPSA) is 66.5 Å². The van der Waals surface area contributed by atoms with Gasteiger partial charge in [0, 0.05) is 19.0 Å². The Labute approximate surface area is 184 Å². The summed E-state index contributed by atoms with van der Waals surface area (Å²) in [6.07, 6.45) is 0.986. The predicted octanol–water partition coefficient (Wildman–Crippen LogP) is 4.17. The van der Waals surface area contributed by atoms with E-state index < -0.39 is 15.8 Å². The molecule has 168 valence electrons. The zero-order valence-electron chi connectivity index (χ0n) is 18.6. The number of halogens is 1. The zero-order valence-corrected chi connectivity index (χ0v) is 19.4. The van der Waals surface area contributed by atoms with Crippen LogP contribution < -0.4 is 5.32 Å². The van der Waals surface area contributed by atoms with E-state index in [0.29, 0.717) is 31.5 Å². The lowest BCUT2D eigenvalue weighted by molar-refractivity contribution is -0.126. The van der Waals surface area contributed by atoms with Crippen LogP contribution in [0, 0.1) is 32.5 Å². The lowest BCUT2D eigenvalue weighted by Gasteiger charge is -2.31. The second-order valence-electron chi connectivity index (χ2n) is 8.58. The maximum atomic E-state index is 13.1. The molecule has 1 aliphatic rings. The van der Waals surface area contributed by atoms with Crippen molar-refractivity contribution in [1.29, 1.82) is 0 Å². The fourth-order valence-electron chi connectivity index (χ4n) is 4.14. The fourth-order valence-corrected chi connectivity index (χ4v) is 5.70. The van der Waals surface area contributed by atoms with E-state index in [1.54, 1.807) is 0 Å². The van der Waals surface area contributed by atoms with Crippen molar-refractivity contribution in [3.05, 3.63) is 70.0 Å². The standard InChI is InChI=1S/C24H31FN2O3S/c1-16-13-18(3)23(14-17(16)2)19(4)26-24(28)21-9-11-27(12-10-21)31(29,30)15-20-5-7-22(25)8-6-20/h5-8,13-14,19,21H,9-12,15H2,1-4H3,(H,26,28)/t19-/m1/s1. The number of hydrogen-bond acceptors (Lipinski definition) is 3. The molecule has 0 spiro atoms. The molecule has 0 radical (unpaired) electrons. The largest absolute Gasteiger partial charge is 0.349 e. The van der Waals surface area contributed by atoms with Gasteiger partial charge in [-0.25, -0.2) is 17.1 Å². The van der Waals surface area contributed by atoms with Crippen LogP contribution in [0.3, 0.4) is 0 Å². The maximum absolute atomic E-state index is 13.1. The lowest BCUT2D eigenvalue weighted by atomic mass is 9.94. The van der Waals surface area contributed by atoms with Gasteiger partial charge in [0.15, 0.2) is 0 Å². The second-order valence-corrected chi connectivity index (χ2v) is 10.5. The molecule has 31 heavy (non-hydrogen) atoms. The first-order valence-electron chi connectivity index (χ1n) is 10.7. The molecule has 5 nitrogen and oxygen atoms in total. The Morgan fingerprint density at radius 1 is 1.06 bits per heavy atom. The zero-order chi connectivity index (χ0) is 22.8. The van der Waals surface area contributed by atoms with Crippen molar-refractivity contribution in [3.63, 3.8) is 0 Å². The first-order chi connectivity index (χ1) is 14.6. The molecule has 0 bridgehead atoms. The van der Waals surface area contributed by atoms with Gasteiger partial charge in [-0.2, -0.15) is 0 Å². The van der Waals surface area contributed by atoms with Crippen molar-refractivity contribution < 1.29 is 17.6 Å². The maximum Gasteiger partial charge on any atom is 0.223 e. The smallest absolute Gasteiger partial charge is 0.223 e. The van der Waals surface area contributed by atoms with Gasteiger partial charge in [-0.1, -0.05) is 24.3 Å². The van der Waals surface area contributed by atoms with E-state index in [2.05, 4.69) is 38.2 Å². The van der Waals surface area contributed by atoms with E-state index in [4.69, 9.17) is 0 Å². The third-order valence-electron chi connectivity index (χ3n) is 6.19. The Hall–Kier alpha value is -2.25.